The number of benzene rings is 2. The molecule has 1 aliphatic heterocycles. The highest BCUT2D eigenvalue weighted by Crippen LogP contribution is 2.36. The number of carboxylic acids is 1. The maximum absolute atomic E-state index is 13.9. The molecule has 0 radical (unpaired) electrons. The number of para-hydroxylation sites is 1. The van der Waals surface area contributed by atoms with Gasteiger partial charge in [-0.2, -0.15) is 0 Å². The van der Waals surface area contributed by atoms with Crippen LogP contribution in [0.5, 0.6) is 5.75 Å². The van der Waals surface area contributed by atoms with Gasteiger partial charge in [-0.3, -0.25) is 14.5 Å². The Morgan fingerprint density at radius 1 is 1.31 bits per heavy atom. The molecule has 32 heavy (non-hydrogen) atoms. The average Bonchev–Trinajstić information content (AvgIpc) is 3.03. The van der Waals surface area contributed by atoms with Crippen LogP contribution in [0.2, 0.25) is 5.02 Å². The van der Waals surface area contributed by atoms with E-state index in [0.29, 0.717) is 26.2 Å². The molecule has 2 aromatic carbocycles. The summed E-state index contributed by atoms with van der Waals surface area (Å²) in [7, 11) is 0. The molecule has 2 heterocycles. The molecule has 0 aliphatic carbocycles. The lowest BCUT2D eigenvalue weighted by Gasteiger charge is -2.17. The number of ether oxygens (including phenoxy) is 1. The number of hydrogen-bond acceptors (Lipinski definition) is 5. The van der Waals surface area contributed by atoms with Crippen LogP contribution >= 0.6 is 27.5 Å². The fourth-order valence-corrected chi connectivity index (χ4v) is 4.23. The predicted molar refractivity (Wildman–Crippen MR) is 119 cm³/mol. The Kier molecular flexibility index (Phi) is 6.24. The van der Waals surface area contributed by atoms with Gasteiger partial charge in [0.25, 0.3) is 5.92 Å². The van der Waals surface area contributed by atoms with Crippen molar-refractivity contribution >= 4 is 44.5 Å². The van der Waals surface area contributed by atoms with Crippen molar-refractivity contribution in [2.24, 2.45) is 5.92 Å². The molecule has 1 aromatic heterocycles. The van der Waals surface area contributed by atoms with Gasteiger partial charge in [-0.05, 0) is 30.3 Å². The molecule has 1 unspecified atom stereocenters. The quantitative estimate of drug-likeness (QED) is 0.490. The Labute approximate surface area is 194 Å². The molecule has 1 aliphatic rings. The van der Waals surface area contributed by atoms with Crippen molar-refractivity contribution in [1.82, 2.24) is 4.90 Å². The minimum atomic E-state index is -3.29. The van der Waals surface area contributed by atoms with Crippen LogP contribution in [0.3, 0.4) is 0 Å². The summed E-state index contributed by atoms with van der Waals surface area (Å²) in [5.74, 6) is -5.93. The third-order valence-electron chi connectivity index (χ3n) is 5.26. The molecule has 1 N–H and O–H groups in total. The van der Waals surface area contributed by atoms with E-state index < -0.39 is 24.4 Å². The molecule has 0 spiro atoms. The van der Waals surface area contributed by atoms with Crippen molar-refractivity contribution in [2.75, 3.05) is 26.2 Å². The lowest BCUT2D eigenvalue weighted by molar-refractivity contribution is -0.151. The van der Waals surface area contributed by atoms with Gasteiger partial charge in [0, 0.05) is 23.6 Å². The third-order valence-corrected chi connectivity index (χ3v) is 6.05. The van der Waals surface area contributed by atoms with Gasteiger partial charge < -0.3 is 14.3 Å². The summed E-state index contributed by atoms with van der Waals surface area (Å²) in [6, 6.07) is 11.4. The summed E-state index contributed by atoms with van der Waals surface area (Å²) in [5.41, 5.74) is 0.475. The van der Waals surface area contributed by atoms with E-state index in [1.54, 1.807) is 36.4 Å². The Morgan fingerprint density at radius 2 is 2.09 bits per heavy atom. The number of halogens is 4. The highest BCUT2D eigenvalue weighted by molar-refractivity contribution is 9.10. The number of alkyl halides is 2. The Hall–Kier alpha value is -2.49. The molecule has 1 atom stereocenters. The number of hydrogen-bond donors (Lipinski definition) is 1. The SMILES string of the molecule is O=C(O)C1CN(CCOc2cc(Br)ccc2-c2cc(=O)c3cccc(Cl)c3o2)CC1(F)F. The average molecular weight is 529 g/mol. The zero-order chi connectivity index (χ0) is 23.0. The van der Waals surface area contributed by atoms with Crippen LogP contribution in [0, 0.1) is 5.92 Å². The second-order valence-electron chi connectivity index (χ2n) is 7.47. The van der Waals surface area contributed by atoms with Crippen molar-refractivity contribution in [3.8, 4) is 17.1 Å². The van der Waals surface area contributed by atoms with Crippen LogP contribution < -0.4 is 10.2 Å². The summed E-state index contributed by atoms with van der Waals surface area (Å²) >= 11 is 9.55. The van der Waals surface area contributed by atoms with E-state index in [2.05, 4.69) is 15.9 Å². The smallest absolute Gasteiger partial charge is 0.314 e. The van der Waals surface area contributed by atoms with E-state index in [9.17, 15) is 18.4 Å². The third kappa shape index (κ3) is 4.51. The zero-order valence-corrected chi connectivity index (χ0v) is 18.8. The molecule has 0 amide bonds. The summed E-state index contributed by atoms with van der Waals surface area (Å²) in [6.07, 6.45) is 0. The van der Waals surface area contributed by atoms with E-state index in [1.165, 1.54) is 11.0 Å². The Morgan fingerprint density at radius 3 is 2.81 bits per heavy atom. The van der Waals surface area contributed by atoms with Crippen LogP contribution in [0.25, 0.3) is 22.3 Å². The number of likely N-dealkylation sites (tertiary alicyclic amines) is 1. The minimum Gasteiger partial charge on any atom is -0.491 e. The van der Waals surface area contributed by atoms with Gasteiger partial charge in [0.2, 0.25) is 0 Å². The molecule has 1 saturated heterocycles. The van der Waals surface area contributed by atoms with E-state index >= 15 is 0 Å². The van der Waals surface area contributed by atoms with Crippen LogP contribution in [0.1, 0.15) is 0 Å². The topological polar surface area (TPSA) is 80.0 Å². The normalized spacial score (nSPS) is 18.2. The molecule has 10 heteroatoms. The molecule has 6 nitrogen and oxygen atoms in total. The highest BCUT2D eigenvalue weighted by atomic mass is 79.9. The number of carbonyl (C=O) groups is 1. The maximum atomic E-state index is 13.9. The predicted octanol–water partition coefficient (Wildman–Crippen LogP) is 4.91. The Balaban J connectivity index is 1.56. The van der Waals surface area contributed by atoms with Crippen molar-refractivity contribution in [2.45, 2.75) is 5.92 Å². The van der Waals surface area contributed by atoms with E-state index in [4.69, 9.17) is 25.9 Å². The van der Waals surface area contributed by atoms with Gasteiger partial charge in [-0.15, -0.1) is 0 Å². The van der Waals surface area contributed by atoms with Gasteiger partial charge in [0.15, 0.2) is 11.0 Å². The second-order valence-corrected chi connectivity index (χ2v) is 8.79. The van der Waals surface area contributed by atoms with Gasteiger partial charge >= 0.3 is 5.97 Å². The first kappa shape index (κ1) is 22.7. The van der Waals surface area contributed by atoms with Crippen LogP contribution in [0.15, 0.2) is 56.1 Å². The molecule has 3 aromatic rings. The van der Waals surface area contributed by atoms with Gasteiger partial charge in [0.1, 0.15) is 24.0 Å². The van der Waals surface area contributed by atoms with Crippen molar-refractivity contribution < 1.29 is 27.8 Å². The van der Waals surface area contributed by atoms with E-state index in [1.807, 2.05) is 0 Å². The highest BCUT2D eigenvalue weighted by Gasteiger charge is 2.51. The largest absolute Gasteiger partial charge is 0.491 e. The number of fused-ring (bicyclic) bond motifs is 1. The molecular weight excluding hydrogens is 512 g/mol. The maximum Gasteiger partial charge on any atom is 0.314 e. The summed E-state index contributed by atoms with van der Waals surface area (Å²) in [5, 5.41) is 9.64. The molecule has 168 valence electrons. The lowest BCUT2D eigenvalue weighted by Crippen LogP contribution is -2.32. The zero-order valence-electron chi connectivity index (χ0n) is 16.5. The van der Waals surface area contributed by atoms with Crippen LogP contribution in [-0.2, 0) is 4.79 Å². The lowest BCUT2D eigenvalue weighted by atomic mass is 10.1. The first-order valence-electron chi connectivity index (χ1n) is 9.64. The van der Waals surface area contributed by atoms with Gasteiger partial charge in [-0.1, -0.05) is 33.6 Å². The fourth-order valence-electron chi connectivity index (χ4n) is 3.67. The summed E-state index contributed by atoms with van der Waals surface area (Å²) in [4.78, 5) is 25.0. The van der Waals surface area contributed by atoms with Crippen molar-refractivity contribution in [3.05, 3.63) is 62.2 Å². The van der Waals surface area contributed by atoms with Crippen molar-refractivity contribution in [3.63, 3.8) is 0 Å². The second kappa shape index (κ2) is 8.80. The van der Waals surface area contributed by atoms with Crippen LogP contribution in [0.4, 0.5) is 8.78 Å². The minimum absolute atomic E-state index is 0.0322. The Bertz CT molecular complexity index is 1250. The number of rotatable bonds is 6. The molecule has 4 rings (SSSR count). The summed E-state index contributed by atoms with van der Waals surface area (Å²) < 4.78 is 40.2. The molecule has 1 fully saturated rings. The first-order valence-corrected chi connectivity index (χ1v) is 10.8. The molecular formula is C22H17BrClF2NO5. The van der Waals surface area contributed by atoms with E-state index in [0.717, 1.165) is 0 Å². The number of nitrogens with zero attached hydrogens (tertiary/aromatic N) is 1. The standard InChI is InChI=1S/C22H17BrClF2NO5/c23-12-4-5-14(19-9-17(28)13-2-1-3-16(24)20(13)32-19)18(8-12)31-7-6-27-10-15(21(29)30)22(25,26)11-27/h1-5,8-9,15H,6-7,10-11H2,(H,29,30). The molecule has 0 bridgehead atoms. The van der Waals surface area contributed by atoms with Gasteiger partial charge in [0.05, 0.1) is 22.5 Å². The number of carboxylic acid groups (broad SMARTS) is 1. The van der Waals surface area contributed by atoms with Crippen molar-refractivity contribution in [1.29, 1.82) is 0 Å². The van der Waals surface area contributed by atoms with E-state index in [-0.39, 0.29) is 36.5 Å². The molecule has 0 saturated carbocycles. The monoisotopic (exact) mass is 527 g/mol. The first-order chi connectivity index (χ1) is 15.2. The fraction of sp³-hybridized carbons (Fsp3) is 0.273. The summed E-state index contributed by atoms with van der Waals surface area (Å²) in [6.45, 7) is -0.755. The number of aliphatic carboxylic acids is 1. The van der Waals surface area contributed by atoms with Gasteiger partial charge in [-0.25, -0.2) is 8.78 Å². The van der Waals surface area contributed by atoms with Crippen LogP contribution in [-0.4, -0.2) is 48.1 Å².